The third-order valence-electron chi connectivity index (χ3n) is 4.27. The van der Waals surface area contributed by atoms with E-state index >= 15 is 0 Å². The minimum atomic E-state index is -3.97. The minimum Gasteiger partial charge on any atom is -0.260 e. The van der Waals surface area contributed by atoms with Crippen molar-refractivity contribution in [1.29, 1.82) is 0 Å². The van der Waals surface area contributed by atoms with Gasteiger partial charge in [-0.15, -0.1) is 0 Å². The highest BCUT2D eigenvalue weighted by Gasteiger charge is 2.40. The fourth-order valence-corrected chi connectivity index (χ4v) is 4.76. The lowest BCUT2D eigenvalue weighted by Crippen LogP contribution is -2.43. The van der Waals surface area contributed by atoms with Crippen LogP contribution in [0.1, 0.15) is 24.0 Å². The van der Waals surface area contributed by atoms with Gasteiger partial charge in [0.2, 0.25) is 0 Å². The van der Waals surface area contributed by atoms with Crippen molar-refractivity contribution in [2.45, 2.75) is 48.7 Å². The van der Waals surface area contributed by atoms with E-state index in [1.807, 2.05) is 13.8 Å². The molecular formula is C18H20O6S2. The SMILES string of the molecule is Cc1ccc(S(=O)(=O)OC2CCC2OS(=O)(=O)c2ccc(C)cc2)cc1. The molecule has 0 saturated heterocycles. The third-order valence-corrected chi connectivity index (χ3v) is 6.97. The average Bonchev–Trinajstić information content (AvgIpc) is 2.58. The first-order valence-corrected chi connectivity index (χ1v) is 11.0. The van der Waals surface area contributed by atoms with Crippen molar-refractivity contribution in [1.82, 2.24) is 0 Å². The van der Waals surface area contributed by atoms with E-state index in [0.29, 0.717) is 12.8 Å². The normalized spacial score (nSPS) is 20.5. The lowest BCUT2D eigenvalue weighted by molar-refractivity contribution is -0.0122. The fraction of sp³-hybridized carbons (Fsp3) is 0.333. The van der Waals surface area contributed by atoms with Crippen LogP contribution in [0.2, 0.25) is 0 Å². The van der Waals surface area contributed by atoms with Gasteiger partial charge in [0.1, 0.15) is 12.2 Å². The van der Waals surface area contributed by atoms with Crippen molar-refractivity contribution in [2.24, 2.45) is 0 Å². The Labute approximate surface area is 154 Å². The van der Waals surface area contributed by atoms with Gasteiger partial charge < -0.3 is 0 Å². The summed E-state index contributed by atoms with van der Waals surface area (Å²) >= 11 is 0. The molecule has 0 bridgehead atoms. The molecule has 2 aromatic carbocycles. The van der Waals surface area contributed by atoms with E-state index < -0.39 is 32.4 Å². The van der Waals surface area contributed by atoms with E-state index in [2.05, 4.69) is 0 Å². The van der Waals surface area contributed by atoms with Crippen LogP contribution >= 0.6 is 0 Å². The monoisotopic (exact) mass is 396 g/mol. The Morgan fingerprint density at radius 1 is 0.654 bits per heavy atom. The molecular weight excluding hydrogens is 376 g/mol. The Balaban J connectivity index is 1.70. The van der Waals surface area contributed by atoms with Gasteiger partial charge in [0, 0.05) is 0 Å². The summed E-state index contributed by atoms with van der Waals surface area (Å²) in [5.41, 5.74) is 1.86. The standard InChI is InChI=1S/C18H20O6S2/c1-13-3-7-15(8-4-13)25(19,20)23-17-11-12-18(17)24-26(21,22)16-9-5-14(2)6-10-16/h3-10,17-18H,11-12H2,1-2H3. The van der Waals surface area contributed by atoms with Gasteiger partial charge in [-0.05, 0) is 51.0 Å². The molecule has 1 aliphatic carbocycles. The van der Waals surface area contributed by atoms with Crippen LogP contribution in [-0.2, 0) is 28.6 Å². The Morgan fingerprint density at radius 2 is 0.962 bits per heavy atom. The summed E-state index contributed by atoms with van der Waals surface area (Å²) in [6.45, 7) is 3.70. The van der Waals surface area contributed by atoms with Gasteiger partial charge in [-0.25, -0.2) is 0 Å². The van der Waals surface area contributed by atoms with Crippen LogP contribution in [-0.4, -0.2) is 29.0 Å². The summed E-state index contributed by atoms with van der Waals surface area (Å²) in [5.74, 6) is 0. The largest absolute Gasteiger partial charge is 0.297 e. The number of aryl methyl sites for hydroxylation is 2. The van der Waals surface area contributed by atoms with Crippen molar-refractivity contribution >= 4 is 20.2 Å². The van der Waals surface area contributed by atoms with Gasteiger partial charge in [-0.1, -0.05) is 35.4 Å². The predicted molar refractivity (Wildman–Crippen MR) is 95.7 cm³/mol. The molecule has 2 atom stereocenters. The van der Waals surface area contributed by atoms with Crippen molar-refractivity contribution < 1.29 is 25.2 Å². The number of hydrogen-bond acceptors (Lipinski definition) is 6. The highest BCUT2D eigenvalue weighted by Crippen LogP contribution is 2.32. The van der Waals surface area contributed by atoms with Crippen molar-refractivity contribution in [2.75, 3.05) is 0 Å². The number of hydrogen-bond donors (Lipinski definition) is 0. The van der Waals surface area contributed by atoms with Crippen molar-refractivity contribution in [3.8, 4) is 0 Å². The van der Waals surface area contributed by atoms with Crippen LogP contribution in [0.5, 0.6) is 0 Å². The first-order chi connectivity index (χ1) is 12.2. The van der Waals surface area contributed by atoms with E-state index in [1.165, 1.54) is 24.3 Å². The van der Waals surface area contributed by atoms with Gasteiger partial charge in [-0.2, -0.15) is 16.8 Å². The zero-order valence-electron chi connectivity index (χ0n) is 14.5. The molecule has 0 heterocycles. The summed E-state index contributed by atoms with van der Waals surface area (Å²) in [7, 11) is -7.94. The third kappa shape index (κ3) is 4.15. The van der Waals surface area contributed by atoms with E-state index in [0.717, 1.165) is 11.1 Å². The van der Waals surface area contributed by atoms with Gasteiger partial charge in [0.15, 0.2) is 0 Å². The van der Waals surface area contributed by atoms with Crippen LogP contribution < -0.4 is 0 Å². The topological polar surface area (TPSA) is 86.7 Å². The highest BCUT2D eigenvalue weighted by atomic mass is 32.2. The van der Waals surface area contributed by atoms with Crippen LogP contribution in [0.4, 0.5) is 0 Å². The molecule has 6 nitrogen and oxygen atoms in total. The van der Waals surface area contributed by atoms with E-state index in [1.54, 1.807) is 24.3 Å². The highest BCUT2D eigenvalue weighted by molar-refractivity contribution is 7.87. The van der Waals surface area contributed by atoms with Crippen molar-refractivity contribution in [3.05, 3.63) is 59.7 Å². The smallest absolute Gasteiger partial charge is 0.260 e. The maximum atomic E-state index is 12.3. The number of benzene rings is 2. The molecule has 8 heteroatoms. The predicted octanol–water partition coefficient (Wildman–Crippen LogP) is 2.95. The van der Waals surface area contributed by atoms with Gasteiger partial charge in [0.25, 0.3) is 20.2 Å². The van der Waals surface area contributed by atoms with Gasteiger partial charge >= 0.3 is 0 Å². The van der Waals surface area contributed by atoms with E-state index in [-0.39, 0.29) is 9.79 Å². The number of rotatable bonds is 6. The Bertz CT molecular complexity index is 893. The summed E-state index contributed by atoms with van der Waals surface area (Å²) in [6, 6.07) is 12.5. The maximum Gasteiger partial charge on any atom is 0.297 e. The second-order valence-corrected chi connectivity index (χ2v) is 9.53. The van der Waals surface area contributed by atoms with Crippen LogP contribution in [0, 0.1) is 13.8 Å². The lowest BCUT2D eigenvalue weighted by Gasteiger charge is -2.34. The molecule has 26 heavy (non-hydrogen) atoms. The maximum absolute atomic E-state index is 12.3. The molecule has 3 rings (SSSR count). The molecule has 0 N–H and O–H groups in total. The Kier molecular flexibility index (Phi) is 5.21. The average molecular weight is 396 g/mol. The molecule has 0 radical (unpaired) electrons. The van der Waals surface area contributed by atoms with Crippen LogP contribution in [0.25, 0.3) is 0 Å². The molecule has 1 aliphatic rings. The lowest BCUT2D eigenvalue weighted by atomic mass is 9.93. The molecule has 2 aromatic rings. The Hall–Kier alpha value is -1.74. The summed E-state index contributed by atoms with van der Waals surface area (Å²) < 4.78 is 59.7. The quantitative estimate of drug-likeness (QED) is 0.698. The molecule has 1 fully saturated rings. The van der Waals surface area contributed by atoms with Gasteiger partial charge in [0.05, 0.1) is 9.79 Å². The zero-order valence-corrected chi connectivity index (χ0v) is 16.1. The Morgan fingerprint density at radius 3 is 1.23 bits per heavy atom. The van der Waals surface area contributed by atoms with Gasteiger partial charge in [-0.3, -0.25) is 8.37 Å². The first-order valence-electron chi connectivity index (χ1n) is 8.17. The van der Waals surface area contributed by atoms with E-state index in [9.17, 15) is 16.8 Å². The molecule has 0 spiro atoms. The molecule has 0 aromatic heterocycles. The molecule has 2 unspecified atom stereocenters. The second-order valence-electron chi connectivity index (χ2n) is 6.38. The first kappa shape index (κ1) is 19.0. The van der Waals surface area contributed by atoms with E-state index in [4.69, 9.17) is 8.37 Å². The fourth-order valence-electron chi connectivity index (χ4n) is 2.51. The molecule has 0 amide bonds. The summed E-state index contributed by atoms with van der Waals surface area (Å²) in [6.07, 6.45) is -0.804. The molecule has 140 valence electrons. The summed E-state index contributed by atoms with van der Waals surface area (Å²) in [5, 5.41) is 0. The minimum absolute atomic E-state index is 0.0372. The zero-order chi connectivity index (χ0) is 18.9. The molecule has 0 aliphatic heterocycles. The van der Waals surface area contributed by atoms with Crippen molar-refractivity contribution in [3.63, 3.8) is 0 Å². The molecule has 1 saturated carbocycles. The second kappa shape index (κ2) is 7.11. The van der Waals surface area contributed by atoms with Crippen LogP contribution in [0.3, 0.4) is 0 Å². The van der Waals surface area contributed by atoms with Crippen LogP contribution in [0.15, 0.2) is 58.3 Å². The summed E-state index contributed by atoms with van der Waals surface area (Å²) in [4.78, 5) is 0.0743.